The molecule has 1 saturated heterocycles. The predicted octanol–water partition coefficient (Wildman–Crippen LogP) is 2.15. The summed E-state index contributed by atoms with van der Waals surface area (Å²) in [5.41, 5.74) is 2.20. The number of aryl methyl sites for hydroxylation is 2. The molecule has 7 heteroatoms. The normalized spacial score (nSPS) is 18.0. The fraction of sp³-hybridized carbons (Fsp3) is 0.611. The van der Waals surface area contributed by atoms with E-state index in [1.54, 1.807) is 4.90 Å². The van der Waals surface area contributed by atoms with Crippen LogP contribution in [-0.2, 0) is 9.84 Å². The van der Waals surface area contributed by atoms with Crippen LogP contribution in [0.3, 0.4) is 0 Å². The van der Waals surface area contributed by atoms with E-state index in [1.807, 2.05) is 32.0 Å². The maximum atomic E-state index is 12.3. The minimum atomic E-state index is -3.01. The molecule has 0 aromatic heterocycles. The van der Waals surface area contributed by atoms with E-state index >= 15 is 0 Å². The zero-order chi connectivity index (χ0) is 18.4. The molecule has 0 saturated carbocycles. The van der Waals surface area contributed by atoms with Gasteiger partial charge in [0.25, 0.3) is 0 Å². The lowest BCUT2D eigenvalue weighted by Gasteiger charge is -2.32. The lowest BCUT2D eigenvalue weighted by Crippen LogP contribution is -2.47. The molecule has 1 fully saturated rings. The van der Waals surface area contributed by atoms with Crippen LogP contribution < -0.4 is 10.1 Å². The van der Waals surface area contributed by atoms with Gasteiger partial charge in [-0.15, -0.1) is 0 Å². The third-order valence-electron chi connectivity index (χ3n) is 4.32. The van der Waals surface area contributed by atoms with E-state index in [2.05, 4.69) is 5.32 Å². The first kappa shape index (κ1) is 19.6. The van der Waals surface area contributed by atoms with Gasteiger partial charge >= 0.3 is 6.03 Å². The molecule has 140 valence electrons. The van der Waals surface area contributed by atoms with Crippen LogP contribution in [0.1, 0.15) is 24.0 Å². The summed E-state index contributed by atoms with van der Waals surface area (Å²) >= 11 is 0. The van der Waals surface area contributed by atoms with E-state index in [4.69, 9.17) is 4.74 Å². The summed E-state index contributed by atoms with van der Waals surface area (Å²) in [6.45, 7) is 5.98. The van der Waals surface area contributed by atoms with Gasteiger partial charge in [0, 0.05) is 19.3 Å². The molecule has 1 aromatic carbocycles. The highest BCUT2D eigenvalue weighted by molar-refractivity contribution is 7.90. The molecule has 1 unspecified atom stereocenters. The molecule has 1 aliphatic heterocycles. The number of hydrogen-bond donors (Lipinski definition) is 1. The van der Waals surface area contributed by atoms with Crippen LogP contribution >= 0.6 is 0 Å². The molecule has 25 heavy (non-hydrogen) atoms. The van der Waals surface area contributed by atoms with Crippen molar-refractivity contribution < 1.29 is 17.9 Å². The Morgan fingerprint density at radius 2 is 2.12 bits per heavy atom. The van der Waals surface area contributed by atoms with Crippen LogP contribution in [0.4, 0.5) is 4.79 Å². The quantitative estimate of drug-likeness (QED) is 0.781. The predicted molar refractivity (Wildman–Crippen MR) is 98.8 cm³/mol. The number of nitrogens with one attached hydrogen (secondary N) is 1. The molecule has 2 amide bonds. The van der Waals surface area contributed by atoms with Crippen molar-refractivity contribution in [1.82, 2.24) is 10.2 Å². The minimum Gasteiger partial charge on any atom is -0.491 e. The van der Waals surface area contributed by atoms with Gasteiger partial charge in [-0.1, -0.05) is 12.1 Å². The lowest BCUT2D eigenvalue weighted by atomic mass is 10.0. The molecule has 1 atom stereocenters. The molecule has 2 rings (SSSR count). The Hall–Kier alpha value is -1.76. The van der Waals surface area contributed by atoms with Gasteiger partial charge in [0.1, 0.15) is 22.2 Å². The fourth-order valence-corrected chi connectivity index (χ4v) is 4.24. The summed E-state index contributed by atoms with van der Waals surface area (Å²) in [5, 5.41) is 2.85. The van der Waals surface area contributed by atoms with E-state index in [9.17, 15) is 13.2 Å². The van der Waals surface area contributed by atoms with Crippen LogP contribution in [0.2, 0.25) is 0 Å². The summed E-state index contributed by atoms with van der Waals surface area (Å²) in [4.78, 5) is 14.0. The minimum absolute atomic E-state index is 0.0284. The van der Waals surface area contributed by atoms with Crippen LogP contribution in [0.25, 0.3) is 0 Å². The first-order valence-electron chi connectivity index (χ1n) is 8.65. The highest BCUT2D eigenvalue weighted by Gasteiger charge is 2.25. The number of nitrogens with zero attached hydrogens (tertiary/aromatic N) is 1. The SMILES string of the molecule is Cc1ccc(C)c(OCCNC(=O)N2CCCC(CS(C)(=O)=O)C2)c1. The van der Waals surface area contributed by atoms with Crippen molar-refractivity contribution in [2.45, 2.75) is 26.7 Å². The number of rotatable bonds is 6. The summed E-state index contributed by atoms with van der Waals surface area (Å²) < 4.78 is 28.6. The largest absolute Gasteiger partial charge is 0.491 e. The third kappa shape index (κ3) is 6.57. The monoisotopic (exact) mass is 368 g/mol. The number of likely N-dealkylation sites (tertiary alicyclic amines) is 1. The molecule has 6 nitrogen and oxygen atoms in total. The van der Waals surface area contributed by atoms with Gasteiger partial charge in [-0.25, -0.2) is 13.2 Å². The second-order valence-corrected chi connectivity index (χ2v) is 9.08. The van der Waals surface area contributed by atoms with E-state index in [0.717, 1.165) is 29.7 Å². The maximum absolute atomic E-state index is 12.3. The van der Waals surface area contributed by atoms with Gasteiger partial charge < -0.3 is 15.0 Å². The lowest BCUT2D eigenvalue weighted by molar-refractivity contribution is 0.168. The van der Waals surface area contributed by atoms with Crippen molar-refractivity contribution in [1.29, 1.82) is 0 Å². The average molecular weight is 368 g/mol. The molecule has 1 heterocycles. The third-order valence-corrected chi connectivity index (χ3v) is 5.40. The molecule has 1 aliphatic rings. The topological polar surface area (TPSA) is 75.7 Å². The Bertz CT molecular complexity index is 703. The Morgan fingerprint density at radius 1 is 1.36 bits per heavy atom. The standard InChI is InChI=1S/C18H28N2O4S/c1-14-6-7-15(2)17(11-14)24-10-8-19-18(21)20-9-4-5-16(12-20)13-25(3,22)23/h6-7,11,16H,4-5,8-10,12-13H2,1-3H3,(H,19,21). The zero-order valence-corrected chi connectivity index (χ0v) is 16.1. The molecule has 0 radical (unpaired) electrons. The number of piperidine rings is 1. The first-order valence-corrected chi connectivity index (χ1v) is 10.7. The number of amides is 2. The molecular formula is C18H28N2O4S. The molecule has 0 aliphatic carbocycles. The van der Waals surface area contributed by atoms with Gasteiger partial charge in [0.05, 0.1) is 12.3 Å². The van der Waals surface area contributed by atoms with E-state index in [-0.39, 0.29) is 17.7 Å². The van der Waals surface area contributed by atoms with E-state index < -0.39 is 9.84 Å². The van der Waals surface area contributed by atoms with Gasteiger partial charge in [0.2, 0.25) is 0 Å². The van der Waals surface area contributed by atoms with Gasteiger partial charge in [-0.05, 0) is 49.8 Å². The Labute approximate surface area is 150 Å². The van der Waals surface area contributed by atoms with Crippen molar-refractivity contribution in [2.24, 2.45) is 5.92 Å². The number of hydrogen-bond acceptors (Lipinski definition) is 4. The summed E-state index contributed by atoms with van der Waals surface area (Å²) in [7, 11) is -3.01. The summed E-state index contributed by atoms with van der Waals surface area (Å²) in [6, 6.07) is 5.88. The van der Waals surface area contributed by atoms with Gasteiger partial charge in [-0.3, -0.25) is 0 Å². The Morgan fingerprint density at radius 3 is 2.84 bits per heavy atom. The fourth-order valence-electron chi connectivity index (χ4n) is 3.11. The van der Waals surface area contributed by atoms with E-state index in [0.29, 0.717) is 26.2 Å². The molecule has 0 spiro atoms. The highest BCUT2D eigenvalue weighted by Crippen LogP contribution is 2.19. The Kier molecular flexibility index (Phi) is 6.70. The van der Waals surface area contributed by atoms with Crippen molar-refractivity contribution in [3.05, 3.63) is 29.3 Å². The molecular weight excluding hydrogens is 340 g/mol. The number of urea groups is 1. The van der Waals surface area contributed by atoms with E-state index in [1.165, 1.54) is 6.26 Å². The Balaban J connectivity index is 1.75. The van der Waals surface area contributed by atoms with Crippen LogP contribution in [-0.4, -0.2) is 57.6 Å². The van der Waals surface area contributed by atoms with Crippen LogP contribution in [0.15, 0.2) is 18.2 Å². The van der Waals surface area contributed by atoms with Crippen molar-refractivity contribution in [2.75, 3.05) is 38.2 Å². The summed E-state index contributed by atoms with van der Waals surface area (Å²) in [6.07, 6.45) is 2.94. The number of carbonyl (C=O) groups is 1. The van der Waals surface area contributed by atoms with Gasteiger partial charge in [-0.2, -0.15) is 0 Å². The second kappa shape index (κ2) is 8.56. The zero-order valence-electron chi connectivity index (χ0n) is 15.2. The number of ether oxygens (including phenoxy) is 1. The maximum Gasteiger partial charge on any atom is 0.317 e. The first-order chi connectivity index (χ1) is 11.7. The van der Waals surface area contributed by atoms with Crippen molar-refractivity contribution in [3.8, 4) is 5.75 Å². The van der Waals surface area contributed by atoms with Gasteiger partial charge in [0.15, 0.2) is 0 Å². The van der Waals surface area contributed by atoms with Crippen molar-refractivity contribution >= 4 is 15.9 Å². The van der Waals surface area contributed by atoms with Crippen molar-refractivity contribution in [3.63, 3.8) is 0 Å². The number of sulfone groups is 1. The molecule has 1 N–H and O–H groups in total. The molecule has 1 aromatic rings. The molecule has 0 bridgehead atoms. The average Bonchev–Trinajstić information content (AvgIpc) is 2.53. The van der Waals surface area contributed by atoms with Crippen LogP contribution in [0.5, 0.6) is 5.75 Å². The second-order valence-electron chi connectivity index (χ2n) is 6.90. The number of benzene rings is 1. The van der Waals surface area contributed by atoms with Crippen LogP contribution in [0, 0.1) is 19.8 Å². The smallest absolute Gasteiger partial charge is 0.317 e. The summed E-state index contributed by atoms with van der Waals surface area (Å²) in [5.74, 6) is 1.01. The number of carbonyl (C=O) groups excluding carboxylic acids is 1. The highest BCUT2D eigenvalue weighted by atomic mass is 32.2.